The summed E-state index contributed by atoms with van der Waals surface area (Å²) in [6.45, 7) is 1.32. The Hall–Kier alpha value is -2.28. The van der Waals surface area contributed by atoms with Crippen molar-refractivity contribution in [2.75, 3.05) is 18.5 Å². The molecule has 7 heteroatoms. The highest BCUT2D eigenvalue weighted by atomic mass is 16.5. The molecule has 0 bridgehead atoms. The lowest BCUT2D eigenvalue weighted by atomic mass is 9.99. The van der Waals surface area contributed by atoms with E-state index in [0.717, 1.165) is 42.8 Å². The average Bonchev–Trinajstić information content (AvgIpc) is 3.32. The molecule has 1 aliphatic carbocycles. The van der Waals surface area contributed by atoms with E-state index in [1.807, 2.05) is 28.9 Å². The number of ether oxygens (including phenoxy) is 1. The Morgan fingerprint density at radius 2 is 2.04 bits per heavy atom. The monoisotopic (exact) mass is 313 g/mol. The van der Waals surface area contributed by atoms with Crippen LogP contribution in [0.25, 0.3) is 11.4 Å². The summed E-state index contributed by atoms with van der Waals surface area (Å²) in [5.41, 5.74) is 1.70. The highest BCUT2D eigenvalue weighted by Crippen LogP contribution is 2.36. The number of amides is 1. The molecular weight excluding hydrogens is 294 g/mol. The number of benzene rings is 1. The van der Waals surface area contributed by atoms with Gasteiger partial charge in [-0.1, -0.05) is 12.1 Å². The first-order valence-corrected chi connectivity index (χ1v) is 8.08. The second-order valence-corrected chi connectivity index (χ2v) is 6.13. The van der Waals surface area contributed by atoms with Crippen LogP contribution in [0.4, 0.5) is 5.69 Å². The normalized spacial score (nSPS) is 18.8. The van der Waals surface area contributed by atoms with E-state index in [1.165, 1.54) is 0 Å². The highest BCUT2D eigenvalue weighted by Gasteiger charge is 2.28. The Labute approximate surface area is 134 Å². The number of tetrazole rings is 1. The SMILES string of the molecule is O=C(Nc1cccc(-c2nnnn2C2CC2)c1)C1CCOCC1. The summed E-state index contributed by atoms with van der Waals surface area (Å²) in [5.74, 6) is 0.853. The van der Waals surface area contributed by atoms with Gasteiger partial charge in [-0.15, -0.1) is 5.10 Å². The molecule has 23 heavy (non-hydrogen) atoms. The molecule has 0 unspecified atom stereocenters. The molecule has 2 aromatic rings. The lowest BCUT2D eigenvalue weighted by molar-refractivity contribution is -0.122. The van der Waals surface area contributed by atoms with Gasteiger partial charge >= 0.3 is 0 Å². The zero-order valence-corrected chi connectivity index (χ0v) is 12.8. The van der Waals surface area contributed by atoms with Crippen molar-refractivity contribution in [3.8, 4) is 11.4 Å². The lowest BCUT2D eigenvalue weighted by Crippen LogP contribution is -2.28. The second kappa shape index (κ2) is 6.08. The zero-order valence-electron chi connectivity index (χ0n) is 12.8. The molecule has 0 spiro atoms. The van der Waals surface area contributed by atoms with E-state index in [9.17, 15) is 4.79 Å². The third-order valence-electron chi connectivity index (χ3n) is 4.37. The summed E-state index contributed by atoms with van der Waals surface area (Å²) in [6, 6.07) is 8.13. The molecule has 1 aromatic carbocycles. The fourth-order valence-electron chi connectivity index (χ4n) is 2.89. The van der Waals surface area contributed by atoms with Crippen LogP contribution < -0.4 is 5.32 Å². The molecular formula is C16H19N5O2. The van der Waals surface area contributed by atoms with Crippen molar-refractivity contribution in [1.29, 1.82) is 0 Å². The summed E-state index contributed by atoms with van der Waals surface area (Å²) in [6.07, 6.45) is 3.81. The number of hydrogen-bond donors (Lipinski definition) is 1. The van der Waals surface area contributed by atoms with Crippen LogP contribution in [-0.2, 0) is 9.53 Å². The third-order valence-corrected chi connectivity index (χ3v) is 4.37. The van der Waals surface area contributed by atoms with E-state index < -0.39 is 0 Å². The minimum Gasteiger partial charge on any atom is -0.381 e. The fourth-order valence-corrected chi connectivity index (χ4v) is 2.89. The predicted molar refractivity (Wildman–Crippen MR) is 83.7 cm³/mol. The van der Waals surface area contributed by atoms with E-state index in [1.54, 1.807) is 0 Å². The average molecular weight is 313 g/mol. The van der Waals surface area contributed by atoms with Crippen molar-refractivity contribution in [3.05, 3.63) is 24.3 Å². The maximum Gasteiger partial charge on any atom is 0.227 e. The van der Waals surface area contributed by atoms with Crippen LogP contribution in [0, 0.1) is 5.92 Å². The van der Waals surface area contributed by atoms with Gasteiger partial charge in [-0.3, -0.25) is 4.79 Å². The van der Waals surface area contributed by atoms with E-state index >= 15 is 0 Å². The molecule has 4 rings (SSSR count). The van der Waals surface area contributed by atoms with Gasteiger partial charge < -0.3 is 10.1 Å². The first-order valence-electron chi connectivity index (χ1n) is 8.08. The van der Waals surface area contributed by atoms with Gasteiger partial charge in [0, 0.05) is 30.4 Å². The van der Waals surface area contributed by atoms with Gasteiger partial charge in [0.15, 0.2) is 5.82 Å². The molecule has 1 aliphatic heterocycles. The number of rotatable bonds is 4. The fraction of sp³-hybridized carbons (Fsp3) is 0.500. The summed E-state index contributed by atoms with van der Waals surface area (Å²) in [4.78, 5) is 12.3. The van der Waals surface area contributed by atoms with Crippen molar-refractivity contribution < 1.29 is 9.53 Å². The molecule has 0 atom stereocenters. The number of carbonyl (C=O) groups is 1. The van der Waals surface area contributed by atoms with Crippen LogP contribution in [0.5, 0.6) is 0 Å². The summed E-state index contributed by atoms with van der Waals surface area (Å²) in [5, 5.41) is 15.0. The number of nitrogens with zero attached hydrogens (tertiary/aromatic N) is 4. The Morgan fingerprint density at radius 3 is 2.83 bits per heavy atom. The van der Waals surface area contributed by atoms with Crippen LogP contribution in [0.2, 0.25) is 0 Å². The smallest absolute Gasteiger partial charge is 0.227 e. The maximum atomic E-state index is 12.3. The summed E-state index contributed by atoms with van der Waals surface area (Å²) in [7, 11) is 0. The van der Waals surface area contributed by atoms with Crippen LogP contribution in [0.15, 0.2) is 24.3 Å². The molecule has 2 heterocycles. The van der Waals surface area contributed by atoms with Gasteiger partial charge in [0.25, 0.3) is 0 Å². The highest BCUT2D eigenvalue weighted by molar-refractivity contribution is 5.93. The first-order chi connectivity index (χ1) is 11.3. The van der Waals surface area contributed by atoms with Crippen molar-refractivity contribution in [1.82, 2.24) is 20.2 Å². The van der Waals surface area contributed by atoms with Crippen molar-refractivity contribution in [3.63, 3.8) is 0 Å². The van der Waals surface area contributed by atoms with E-state index in [0.29, 0.717) is 19.3 Å². The molecule has 1 N–H and O–H groups in total. The topological polar surface area (TPSA) is 81.9 Å². The summed E-state index contributed by atoms with van der Waals surface area (Å²) >= 11 is 0. The number of anilines is 1. The van der Waals surface area contributed by atoms with Gasteiger partial charge in [0.05, 0.1) is 6.04 Å². The lowest BCUT2D eigenvalue weighted by Gasteiger charge is -2.21. The molecule has 1 amide bonds. The van der Waals surface area contributed by atoms with Crippen LogP contribution in [0.1, 0.15) is 31.7 Å². The number of nitrogens with one attached hydrogen (secondary N) is 1. The van der Waals surface area contributed by atoms with Crippen LogP contribution in [0.3, 0.4) is 0 Å². The van der Waals surface area contributed by atoms with Gasteiger partial charge in [-0.05, 0) is 48.2 Å². The van der Waals surface area contributed by atoms with Gasteiger partial charge in [0.1, 0.15) is 0 Å². The molecule has 1 aromatic heterocycles. The minimum atomic E-state index is 0.0317. The van der Waals surface area contributed by atoms with Crippen LogP contribution >= 0.6 is 0 Å². The Bertz CT molecular complexity index is 704. The largest absolute Gasteiger partial charge is 0.381 e. The molecule has 1 saturated heterocycles. The number of hydrogen-bond acceptors (Lipinski definition) is 5. The van der Waals surface area contributed by atoms with Crippen molar-refractivity contribution in [2.45, 2.75) is 31.7 Å². The quantitative estimate of drug-likeness (QED) is 0.934. The van der Waals surface area contributed by atoms with Crippen molar-refractivity contribution in [2.24, 2.45) is 5.92 Å². The Balaban J connectivity index is 1.51. The van der Waals surface area contributed by atoms with E-state index in [4.69, 9.17) is 4.74 Å². The zero-order chi connectivity index (χ0) is 15.6. The number of carbonyl (C=O) groups excluding carboxylic acids is 1. The first kappa shape index (κ1) is 14.3. The van der Waals surface area contributed by atoms with Crippen molar-refractivity contribution >= 4 is 11.6 Å². The second-order valence-electron chi connectivity index (χ2n) is 6.13. The van der Waals surface area contributed by atoms with Gasteiger partial charge in [0.2, 0.25) is 5.91 Å². The molecule has 7 nitrogen and oxygen atoms in total. The minimum absolute atomic E-state index is 0.0317. The maximum absolute atomic E-state index is 12.3. The summed E-state index contributed by atoms with van der Waals surface area (Å²) < 4.78 is 7.18. The molecule has 2 aliphatic rings. The predicted octanol–water partition coefficient (Wildman–Crippen LogP) is 2.04. The molecule has 120 valence electrons. The van der Waals surface area contributed by atoms with E-state index in [-0.39, 0.29) is 11.8 Å². The Morgan fingerprint density at radius 1 is 1.22 bits per heavy atom. The molecule has 0 radical (unpaired) electrons. The molecule has 1 saturated carbocycles. The standard InChI is InChI=1S/C16H19N5O2/c22-16(11-6-8-23-9-7-11)17-13-3-1-2-12(10-13)15-18-19-20-21(15)14-4-5-14/h1-3,10-11,14H,4-9H2,(H,17,22). The van der Waals surface area contributed by atoms with Crippen LogP contribution in [-0.4, -0.2) is 39.3 Å². The third kappa shape index (κ3) is 3.10. The van der Waals surface area contributed by atoms with Gasteiger partial charge in [-0.25, -0.2) is 4.68 Å². The number of aromatic nitrogens is 4. The van der Waals surface area contributed by atoms with Gasteiger partial charge in [-0.2, -0.15) is 0 Å². The van der Waals surface area contributed by atoms with E-state index in [2.05, 4.69) is 20.8 Å². The molecule has 2 fully saturated rings. The Kier molecular flexibility index (Phi) is 3.78.